The van der Waals surface area contributed by atoms with Crippen LogP contribution in [-0.4, -0.2) is 11.4 Å². The van der Waals surface area contributed by atoms with Crippen molar-refractivity contribution in [2.45, 2.75) is 71.6 Å². The van der Waals surface area contributed by atoms with E-state index in [1.54, 1.807) is 0 Å². The summed E-state index contributed by atoms with van der Waals surface area (Å²) in [6.45, 7) is 18.5. The number of hydrogen-bond acceptors (Lipinski definition) is 3. The number of rotatable bonds is 1. The van der Waals surface area contributed by atoms with E-state index in [0.717, 1.165) is 44.2 Å². The Morgan fingerprint density at radius 1 is 0.516 bits per heavy atom. The zero-order valence-corrected chi connectivity index (χ0v) is 37.6. The molecule has 0 N–H and O–H groups in total. The third-order valence-electron chi connectivity index (χ3n) is 15.3. The lowest BCUT2D eigenvalue weighted by Gasteiger charge is -2.43. The SMILES string of the molecule is CC(C)(C)c1ccc(N2B3c4cc5c(cc4-n4c6ccc(C(C)(C)C)cc6c6c7oc8ccccc8c7c(c3c64)-c3cc4c(cc32)C(C)(C)c2ccccc2-4)oc2ccccc25)cc1. The first-order valence-electron chi connectivity index (χ1n) is 22.9. The summed E-state index contributed by atoms with van der Waals surface area (Å²) in [5, 5.41) is 6.99. The quantitative estimate of drug-likeness (QED) is 0.155. The van der Waals surface area contributed by atoms with E-state index >= 15 is 0 Å². The van der Waals surface area contributed by atoms with Crippen LogP contribution in [0.5, 0.6) is 0 Å². The number of para-hydroxylation sites is 2. The zero-order valence-electron chi connectivity index (χ0n) is 37.6. The maximum atomic E-state index is 7.24. The highest BCUT2D eigenvalue weighted by atomic mass is 16.3. The molecular formula is C59H47BN2O2. The first kappa shape index (κ1) is 36.5. The summed E-state index contributed by atoms with van der Waals surface area (Å²) in [6, 6.07) is 52.7. The maximum absolute atomic E-state index is 7.24. The second-order valence-electron chi connectivity index (χ2n) is 21.3. The molecule has 11 aromatic rings. The molecule has 0 spiro atoms. The summed E-state index contributed by atoms with van der Waals surface area (Å²) >= 11 is 0. The van der Waals surface area contributed by atoms with E-state index in [0.29, 0.717) is 0 Å². The molecule has 0 atom stereocenters. The van der Waals surface area contributed by atoms with Crippen LogP contribution in [-0.2, 0) is 16.2 Å². The molecule has 64 heavy (non-hydrogen) atoms. The van der Waals surface area contributed by atoms with Crippen molar-refractivity contribution in [1.82, 2.24) is 4.57 Å². The van der Waals surface area contributed by atoms with E-state index in [4.69, 9.17) is 8.83 Å². The van der Waals surface area contributed by atoms with Crippen LogP contribution in [0.4, 0.5) is 11.4 Å². The topological polar surface area (TPSA) is 34.5 Å². The van der Waals surface area contributed by atoms with Crippen LogP contribution in [0.3, 0.4) is 0 Å². The molecule has 0 radical (unpaired) electrons. The first-order chi connectivity index (χ1) is 30.8. The third kappa shape index (κ3) is 4.49. The molecule has 3 aliphatic rings. The lowest BCUT2D eigenvalue weighted by Crippen LogP contribution is -2.60. The molecule has 2 aliphatic heterocycles. The first-order valence-corrected chi connectivity index (χ1v) is 22.9. The van der Waals surface area contributed by atoms with Gasteiger partial charge in [0.25, 0.3) is 0 Å². The summed E-state index contributed by atoms with van der Waals surface area (Å²) in [6.07, 6.45) is 0. The Bertz CT molecular complexity index is 3900. The van der Waals surface area contributed by atoms with E-state index < -0.39 is 0 Å². The van der Waals surface area contributed by atoms with Gasteiger partial charge in [-0.1, -0.05) is 140 Å². The fraction of sp³-hybridized carbons (Fsp3) is 0.186. The van der Waals surface area contributed by atoms with Crippen molar-refractivity contribution in [3.05, 3.63) is 162 Å². The van der Waals surface area contributed by atoms with Gasteiger partial charge in [0, 0.05) is 61.0 Å². The Kier molecular flexibility index (Phi) is 6.72. The predicted octanol–water partition coefficient (Wildman–Crippen LogP) is 14.7. The van der Waals surface area contributed by atoms with Crippen molar-refractivity contribution >= 4 is 94.8 Å². The van der Waals surface area contributed by atoms with Crippen LogP contribution in [0.1, 0.15) is 77.6 Å². The number of furan rings is 2. The number of anilines is 2. The summed E-state index contributed by atoms with van der Waals surface area (Å²) in [5.74, 6) is 0. The van der Waals surface area contributed by atoms with Crippen molar-refractivity contribution < 1.29 is 8.83 Å². The molecule has 3 aromatic heterocycles. The third-order valence-corrected chi connectivity index (χ3v) is 15.3. The van der Waals surface area contributed by atoms with Crippen molar-refractivity contribution in [1.29, 1.82) is 0 Å². The molecule has 0 saturated carbocycles. The summed E-state index contributed by atoms with van der Waals surface area (Å²) in [4.78, 5) is 2.69. The van der Waals surface area contributed by atoms with E-state index in [1.807, 2.05) is 0 Å². The molecule has 8 aromatic carbocycles. The van der Waals surface area contributed by atoms with Gasteiger partial charge in [0.2, 0.25) is 0 Å². The Balaban J connectivity index is 1.23. The van der Waals surface area contributed by atoms with Crippen molar-refractivity contribution in [3.8, 4) is 27.9 Å². The van der Waals surface area contributed by atoms with Crippen molar-refractivity contribution in [3.63, 3.8) is 0 Å². The molecule has 5 heteroatoms. The fourth-order valence-electron chi connectivity index (χ4n) is 12.1. The lowest BCUT2D eigenvalue weighted by molar-refractivity contribution is 0.590. The van der Waals surface area contributed by atoms with Gasteiger partial charge in [-0.2, -0.15) is 0 Å². The molecule has 14 rings (SSSR count). The van der Waals surface area contributed by atoms with Crippen molar-refractivity contribution in [2.75, 3.05) is 4.81 Å². The normalized spacial score (nSPS) is 14.9. The van der Waals surface area contributed by atoms with Gasteiger partial charge >= 0.3 is 6.85 Å². The highest BCUT2D eigenvalue weighted by Gasteiger charge is 2.48. The number of aromatic nitrogens is 1. The van der Waals surface area contributed by atoms with Gasteiger partial charge in [-0.3, -0.25) is 0 Å². The minimum absolute atomic E-state index is 0.0138. The van der Waals surface area contributed by atoms with Crippen LogP contribution in [0, 0.1) is 0 Å². The number of benzene rings is 8. The standard InChI is InChI=1S/C59H47BN2O2/c1-57(2,3)32-21-24-34(25-22-32)62-46-30-43-38(35-15-9-12-18-42(35)59(43,7)8)28-41(46)51-52-37-17-11-14-20-49(37)64-56(52)53-40-27-33(58(4,5)6)23-26-45(40)61-47-31-50-39(36-16-10-13-19-48(36)63-50)29-44(47)60(62)54(51)55(53)61/h9-31H,1-8H3. The molecule has 0 saturated heterocycles. The Labute approximate surface area is 372 Å². The number of fused-ring (bicyclic) bond motifs is 19. The lowest BCUT2D eigenvalue weighted by atomic mass is 9.43. The molecule has 308 valence electrons. The summed E-state index contributed by atoms with van der Waals surface area (Å²) in [5.41, 5.74) is 22.4. The van der Waals surface area contributed by atoms with Gasteiger partial charge in [0.15, 0.2) is 0 Å². The average molecular weight is 827 g/mol. The Morgan fingerprint density at radius 3 is 1.97 bits per heavy atom. The highest BCUT2D eigenvalue weighted by Crippen LogP contribution is 2.57. The minimum atomic E-state index is -0.186. The molecule has 0 unspecified atom stereocenters. The molecule has 0 amide bonds. The molecule has 4 nitrogen and oxygen atoms in total. The van der Waals surface area contributed by atoms with Crippen LogP contribution in [0.25, 0.3) is 93.6 Å². The maximum Gasteiger partial charge on any atom is 0.333 e. The van der Waals surface area contributed by atoms with Gasteiger partial charge in [-0.15, -0.1) is 0 Å². The zero-order chi connectivity index (χ0) is 43.3. The smallest absolute Gasteiger partial charge is 0.333 e. The van der Waals surface area contributed by atoms with Gasteiger partial charge < -0.3 is 18.2 Å². The summed E-state index contributed by atoms with van der Waals surface area (Å²) in [7, 11) is 0. The Hall–Kier alpha value is -6.98. The second-order valence-corrected chi connectivity index (χ2v) is 21.3. The molecular weight excluding hydrogens is 779 g/mol. The van der Waals surface area contributed by atoms with Gasteiger partial charge in [-0.25, -0.2) is 0 Å². The Morgan fingerprint density at radius 2 is 1.20 bits per heavy atom. The summed E-state index contributed by atoms with van der Waals surface area (Å²) < 4.78 is 16.5. The fourth-order valence-corrected chi connectivity index (χ4v) is 12.1. The average Bonchev–Trinajstić information content (AvgIpc) is 4.01. The largest absolute Gasteiger partial charge is 0.456 e. The van der Waals surface area contributed by atoms with E-state index in [1.165, 1.54) is 94.0 Å². The second kappa shape index (κ2) is 11.8. The molecule has 0 fully saturated rings. The van der Waals surface area contributed by atoms with Crippen LogP contribution < -0.4 is 15.7 Å². The van der Waals surface area contributed by atoms with Gasteiger partial charge in [-0.05, 0) is 109 Å². The van der Waals surface area contributed by atoms with Gasteiger partial charge in [0.1, 0.15) is 22.3 Å². The van der Waals surface area contributed by atoms with E-state index in [-0.39, 0.29) is 23.1 Å². The van der Waals surface area contributed by atoms with Crippen LogP contribution in [0.2, 0.25) is 0 Å². The monoisotopic (exact) mass is 826 g/mol. The minimum Gasteiger partial charge on any atom is -0.456 e. The number of hydrogen-bond donors (Lipinski definition) is 0. The van der Waals surface area contributed by atoms with Gasteiger partial charge in [0.05, 0.1) is 16.4 Å². The van der Waals surface area contributed by atoms with E-state index in [9.17, 15) is 0 Å². The molecule has 5 heterocycles. The van der Waals surface area contributed by atoms with Crippen molar-refractivity contribution in [2.24, 2.45) is 0 Å². The molecule has 0 bridgehead atoms. The highest BCUT2D eigenvalue weighted by molar-refractivity contribution is 6.94. The van der Waals surface area contributed by atoms with Crippen LogP contribution >= 0.6 is 0 Å². The number of nitrogens with zero attached hydrogens (tertiary/aromatic N) is 2. The van der Waals surface area contributed by atoms with Crippen LogP contribution in [0.15, 0.2) is 148 Å². The van der Waals surface area contributed by atoms with E-state index in [2.05, 4.69) is 204 Å². The molecule has 1 aliphatic carbocycles. The predicted molar refractivity (Wildman–Crippen MR) is 269 cm³/mol.